The standard InChI is InChI=1S/C18H21N3S/c1-11-10-22-16-8-13(4-7-15(11)16)17-19-18(21-20-17)9-12-2-5-14(18)6-3-12/h4,7-8,10,12,14,21H,2-3,5-6,9H2,1H3,(H,19,20)/t12?,14?,18-/m0/s1. The number of hydrogen-bond donors (Lipinski definition) is 2. The molecule has 1 spiro atoms. The SMILES string of the molecule is Cc1csc2cc(C3=N[C@@]4(CC5CCC4CC5)NN3)ccc12. The van der Waals surface area contributed by atoms with Crippen LogP contribution in [-0.4, -0.2) is 11.5 Å². The zero-order valence-electron chi connectivity index (χ0n) is 12.9. The Labute approximate surface area is 134 Å². The third kappa shape index (κ3) is 1.80. The average Bonchev–Trinajstić information content (AvgIpc) is 3.13. The third-order valence-corrected chi connectivity index (χ3v) is 6.94. The van der Waals surface area contributed by atoms with E-state index in [0.29, 0.717) is 5.92 Å². The highest BCUT2D eigenvalue weighted by atomic mass is 32.1. The zero-order chi connectivity index (χ0) is 14.7. The van der Waals surface area contributed by atoms with Crippen molar-refractivity contribution in [2.75, 3.05) is 0 Å². The second kappa shape index (κ2) is 4.56. The van der Waals surface area contributed by atoms with Crippen LogP contribution < -0.4 is 10.9 Å². The van der Waals surface area contributed by atoms with E-state index in [1.54, 1.807) is 0 Å². The lowest BCUT2D eigenvalue weighted by Gasteiger charge is -2.47. The van der Waals surface area contributed by atoms with Gasteiger partial charge in [0.15, 0.2) is 0 Å². The first-order valence-electron chi connectivity index (χ1n) is 8.35. The molecule has 4 heteroatoms. The maximum Gasteiger partial charge on any atom is 0.144 e. The van der Waals surface area contributed by atoms with E-state index in [0.717, 1.165) is 11.8 Å². The van der Waals surface area contributed by atoms with E-state index in [2.05, 4.69) is 41.4 Å². The van der Waals surface area contributed by atoms with Crippen molar-refractivity contribution in [3.8, 4) is 0 Å². The number of benzene rings is 1. The first-order valence-corrected chi connectivity index (χ1v) is 9.23. The molecule has 114 valence electrons. The van der Waals surface area contributed by atoms with Gasteiger partial charge in [0.1, 0.15) is 11.5 Å². The van der Waals surface area contributed by atoms with Gasteiger partial charge < -0.3 is 5.43 Å². The summed E-state index contributed by atoms with van der Waals surface area (Å²) in [5.74, 6) is 2.60. The van der Waals surface area contributed by atoms with Crippen LogP contribution in [0.15, 0.2) is 28.6 Å². The summed E-state index contributed by atoms with van der Waals surface area (Å²) < 4.78 is 1.35. The van der Waals surface area contributed by atoms with Gasteiger partial charge >= 0.3 is 0 Å². The molecule has 3 fully saturated rings. The molecule has 2 bridgehead atoms. The fraction of sp³-hybridized carbons (Fsp3) is 0.500. The molecule has 1 aromatic heterocycles. The van der Waals surface area contributed by atoms with Crippen molar-refractivity contribution in [3.05, 3.63) is 34.7 Å². The zero-order valence-corrected chi connectivity index (χ0v) is 13.7. The van der Waals surface area contributed by atoms with Crippen molar-refractivity contribution < 1.29 is 0 Å². The van der Waals surface area contributed by atoms with Gasteiger partial charge in [-0.05, 0) is 73.3 Å². The van der Waals surface area contributed by atoms with Crippen LogP contribution in [0, 0.1) is 18.8 Å². The van der Waals surface area contributed by atoms with Crippen LogP contribution in [-0.2, 0) is 0 Å². The summed E-state index contributed by atoms with van der Waals surface area (Å²) >= 11 is 1.82. The number of thiophene rings is 1. The summed E-state index contributed by atoms with van der Waals surface area (Å²) in [7, 11) is 0. The van der Waals surface area contributed by atoms with Gasteiger partial charge in [-0.3, -0.25) is 0 Å². The molecule has 4 aliphatic rings. The van der Waals surface area contributed by atoms with E-state index >= 15 is 0 Å². The molecule has 3 aliphatic carbocycles. The molecule has 0 saturated heterocycles. The Kier molecular flexibility index (Phi) is 2.71. The van der Waals surface area contributed by atoms with Gasteiger partial charge in [0, 0.05) is 10.3 Å². The Morgan fingerprint density at radius 2 is 2.09 bits per heavy atom. The first-order chi connectivity index (χ1) is 10.7. The van der Waals surface area contributed by atoms with Gasteiger partial charge in [0.2, 0.25) is 0 Å². The van der Waals surface area contributed by atoms with E-state index in [9.17, 15) is 0 Å². The Balaban J connectivity index is 1.53. The summed E-state index contributed by atoms with van der Waals surface area (Å²) in [4.78, 5) is 5.14. The van der Waals surface area contributed by atoms with Crippen LogP contribution in [0.3, 0.4) is 0 Å². The Morgan fingerprint density at radius 1 is 1.23 bits per heavy atom. The number of nitrogens with one attached hydrogen (secondary N) is 2. The number of fused-ring (bicyclic) bond motifs is 3. The van der Waals surface area contributed by atoms with Crippen LogP contribution >= 0.6 is 11.3 Å². The van der Waals surface area contributed by atoms with E-state index < -0.39 is 0 Å². The molecule has 3 saturated carbocycles. The quantitative estimate of drug-likeness (QED) is 0.836. The normalized spacial score (nSPS) is 33.4. The molecule has 22 heavy (non-hydrogen) atoms. The Hall–Kier alpha value is -1.39. The number of nitrogens with zero attached hydrogens (tertiary/aromatic N) is 1. The predicted molar refractivity (Wildman–Crippen MR) is 92.2 cm³/mol. The van der Waals surface area contributed by atoms with Crippen molar-refractivity contribution in [1.82, 2.24) is 10.9 Å². The van der Waals surface area contributed by atoms with Crippen molar-refractivity contribution in [2.45, 2.75) is 44.7 Å². The maximum absolute atomic E-state index is 5.14. The number of rotatable bonds is 1. The smallest absolute Gasteiger partial charge is 0.144 e. The predicted octanol–water partition coefficient (Wildman–Crippen LogP) is 3.97. The van der Waals surface area contributed by atoms with Gasteiger partial charge in [0.05, 0.1) is 0 Å². The number of hydrazine groups is 1. The van der Waals surface area contributed by atoms with Crippen LogP contribution in [0.4, 0.5) is 0 Å². The van der Waals surface area contributed by atoms with E-state index in [4.69, 9.17) is 4.99 Å². The summed E-state index contributed by atoms with van der Waals surface area (Å²) in [5.41, 5.74) is 9.49. The van der Waals surface area contributed by atoms with Crippen LogP contribution in [0.25, 0.3) is 10.1 Å². The fourth-order valence-electron chi connectivity index (χ4n) is 4.61. The Morgan fingerprint density at radius 3 is 2.86 bits per heavy atom. The highest BCUT2D eigenvalue weighted by molar-refractivity contribution is 7.17. The van der Waals surface area contributed by atoms with Crippen LogP contribution in [0.5, 0.6) is 0 Å². The summed E-state index contributed by atoms with van der Waals surface area (Å²) in [6.45, 7) is 2.18. The van der Waals surface area contributed by atoms with Crippen molar-refractivity contribution in [3.63, 3.8) is 0 Å². The van der Waals surface area contributed by atoms with Gasteiger partial charge in [-0.25, -0.2) is 10.4 Å². The molecule has 0 radical (unpaired) electrons. The summed E-state index contributed by atoms with van der Waals surface area (Å²) in [5, 5.41) is 3.60. The molecule has 2 N–H and O–H groups in total. The number of aliphatic imine (C=N–C) groups is 1. The van der Waals surface area contributed by atoms with Crippen LogP contribution in [0.2, 0.25) is 0 Å². The molecular formula is C18H21N3S. The van der Waals surface area contributed by atoms with Gasteiger partial charge in [-0.1, -0.05) is 12.1 Å². The minimum Gasteiger partial charge on any atom is -0.303 e. The first kappa shape index (κ1) is 13.1. The minimum absolute atomic E-state index is 0.0309. The maximum atomic E-state index is 5.14. The highest BCUT2D eigenvalue weighted by Gasteiger charge is 2.49. The van der Waals surface area contributed by atoms with Crippen molar-refractivity contribution in [2.24, 2.45) is 16.8 Å². The monoisotopic (exact) mass is 311 g/mol. The molecule has 1 aromatic carbocycles. The van der Waals surface area contributed by atoms with Crippen molar-refractivity contribution >= 4 is 27.3 Å². The van der Waals surface area contributed by atoms with E-state index in [-0.39, 0.29) is 5.66 Å². The number of aryl methyl sites for hydroxylation is 1. The second-order valence-electron chi connectivity index (χ2n) is 7.19. The summed E-state index contributed by atoms with van der Waals surface area (Å²) in [6, 6.07) is 6.72. The van der Waals surface area contributed by atoms with E-state index in [1.807, 2.05) is 11.3 Å². The molecule has 3 nitrogen and oxygen atoms in total. The topological polar surface area (TPSA) is 36.4 Å². The lowest BCUT2D eigenvalue weighted by atomic mass is 9.65. The van der Waals surface area contributed by atoms with Gasteiger partial charge in [-0.2, -0.15) is 0 Å². The fourth-order valence-corrected chi connectivity index (χ4v) is 5.59. The third-order valence-electron chi connectivity index (χ3n) is 5.87. The molecule has 6 rings (SSSR count). The van der Waals surface area contributed by atoms with E-state index in [1.165, 1.54) is 53.3 Å². The number of amidine groups is 1. The average molecular weight is 311 g/mol. The molecule has 2 aromatic rings. The molecule has 0 unspecified atom stereocenters. The lowest BCUT2D eigenvalue weighted by molar-refractivity contribution is 0.0506. The van der Waals surface area contributed by atoms with Crippen LogP contribution in [0.1, 0.15) is 43.2 Å². The molecule has 0 amide bonds. The number of hydrogen-bond acceptors (Lipinski definition) is 4. The minimum atomic E-state index is -0.0309. The second-order valence-corrected chi connectivity index (χ2v) is 8.10. The molecule has 1 aliphatic heterocycles. The molecule has 2 heterocycles. The van der Waals surface area contributed by atoms with Gasteiger partial charge in [-0.15, -0.1) is 11.3 Å². The summed E-state index contributed by atoms with van der Waals surface area (Å²) in [6.07, 6.45) is 6.67. The Bertz CT molecular complexity index is 770. The van der Waals surface area contributed by atoms with Gasteiger partial charge in [0.25, 0.3) is 0 Å². The largest absolute Gasteiger partial charge is 0.303 e. The van der Waals surface area contributed by atoms with Crippen molar-refractivity contribution in [1.29, 1.82) is 0 Å². The highest BCUT2D eigenvalue weighted by Crippen LogP contribution is 2.48. The molecular weight excluding hydrogens is 290 g/mol. The lowest BCUT2D eigenvalue weighted by Crippen LogP contribution is -2.56. The molecule has 1 atom stereocenters.